The zero-order valence-corrected chi connectivity index (χ0v) is 14.0. The van der Waals surface area contributed by atoms with Gasteiger partial charge in [-0.15, -0.1) is 0 Å². The van der Waals surface area contributed by atoms with Crippen LogP contribution in [-0.4, -0.2) is 44.0 Å². The lowest BCUT2D eigenvalue weighted by Gasteiger charge is -2.26. The van der Waals surface area contributed by atoms with Crippen LogP contribution < -0.4 is 38.9 Å². The molecule has 0 fully saturated rings. The molecule has 0 amide bonds. The van der Waals surface area contributed by atoms with Crippen molar-refractivity contribution in [3.8, 4) is 0 Å². The maximum Gasteiger partial charge on any atom is 0.268 e. The standard InChI is InChI=1S/C14H33N9/c15-8-4-1-2-5-9-19-10-6-3-7-11-20-14(18)22-12(16)21-13(17)23-14/h19-20H,1-11,15,18H2,(H5,16,17,21,22,23). The summed E-state index contributed by atoms with van der Waals surface area (Å²) < 4.78 is 0. The summed E-state index contributed by atoms with van der Waals surface area (Å²) in [5.41, 5.74) is 22.6. The summed E-state index contributed by atoms with van der Waals surface area (Å²) in [5, 5.41) is 9.12. The normalized spacial score (nSPS) is 16.6. The molecular formula is C14H33N9. The fraction of sp³-hybridized carbons (Fsp3) is 0.857. The first-order valence-corrected chi connectivity index (χ1v) is 8.48. The van der Waals surface area contributed by atoms with Gasteiger partial charge in [0, 0.05) is 6.54 Å². The van der Waals surface area contributed by atoms with Crippen LogP contribution in [0.3, 0.4) is 0 Å². The Kier molecular flexibility index (Phi) is 9.53. The second kappa shape index (κ2) is 11.2. The number of nitrogens with one attached hydrogen (secondary N) is 3. The van der Waals surface area contributed by atoms with Gasteiger partial charge in [-0.3, -0.25) is 16.4 Å². The van der Waals surface area contributed by atoms with Gasteiger partial charge in [-0.05, 0) is 45.3 Å². The molecule has 0 bridgehead atoms. The molecule has 0 aromatic heterocycles. The fourth-order valence-electron chi connectivity index (χ4n) is 2.36. The van der Waals surface area contributed by atoms with Gasteiger partial charge in [0.2, 0.25) is 0 Å². The van der Waals surface area contributed by atoms with E-state index >= 15 is 0 Å². The number of hydrogen-bond donors (Lipinski definition) is 7. The molecule has 11 N–H and O–H groups in total. The molecule has 0 saturated carbocycles. The second-order valence-corrected chi connectivity index (χ2v) is 5.79. The number of hydrogen-bond acceptors (Lipinski definition) is 9. The van der Waals surface area contributed by atoms with E-state index < -0.39 is 5.91 Å². The quantitative estimate of drug-likeness (QED) is 0.162. The SMILES string of the molecule is NCCCCCCNCCCCCNC1(N)N=C(N)NC(N)=N1. The number of aliphatic imine (C=N–C) groups is 2. The highest BCUT2D eigenvalue weighted by Crippen LogP contribution is 2.04. The van der Waals surface area contributed by atoms with Gasteiger partial charge in [-0.25, -0.2) is 0 Å². The molecule has 0 radical (unpaired) electrons. The Morgan fingerprint density at radius 2 is 1.35 bits per heavy atom. The average Bonchev–Trinajstić information content (AvgIpc) is 2.47. The molecule has 1 aliphatic heterocycles. The molecule has 0 unspecified atom stereocenters. The highest BCUT2D eigenvalue weighted by molar-refractivity contribution is 5.98. The number of guanidine groups is 2. The van der Waals surface area contributed by atoms with Crippen molar-refractivity contribution in [2.24, 2.45) is 32.9 Å². The molecule has 0 saturated heterocycles. The van der Waals surface area contributed by atoms with Crippen LogP contribution in [0, 0.1) is 0 Å². The molecule has 1 rings (SSSR count). The van der Waals surface area contributed by atoms with Gasteiger partial charge in [0.25, 0.3) is 5.91 Å². The van der Waals surface area contributed by atoms with Crippen molar-refractivity contribution < 1.29 is 0 Å². The van der Waals surface area contributed by atoms with Gasteiger partial charge in [-0.1, -0.05) is 19.3 Å². The first-order valence-electron chi connectivity index (χ1n) is 8.48. The lowest BCUT2D eigenvalue weighted by Crippen LogP contribution is -2.59. The van der Waals surface area contributed by atoms with Crippen LogP contribution in [0.4, 0.5) is 0 Å². The van der Waals surface area contributed by atoms with Crippen molar-refractivity contribution >= 4 is 11.9 Å². The van der Waals surface area contributed by atoms with Crippen molar-refractivity contribution in [2.75, 3.05) is 26.2 Å². The molecule has 0 aromatic rings. The van der Waals surface area contributed by atoms with Gasteiger partial charge >= 0.3 is 0 Å². The van der Waals surface area contributed by atoms with Crippen molar-refractivity contribution in [2.45, 2.75) is 50.9 Å². The molecule has 9 heteroatoms. The van der Waals surface area contributed by atoms with E-state index in [0.29, 0.717) is 6.54 Å². The number of nitrogens with two attached hydrogens (primary N) is 4. The van der Waals surface area contributed by atoms with E-state index in [9.17, 15) is 0 Å². The summed E-state index contributed by atoms with van der Waals surface area (Å²) in [6.07, 6.45) is 8.10. The van der Waals surface area contributed by atoms with Gasteiger partial charge in [0.05, 0.1) is 0 Å². The minimum absolute atomic E-state index is 0.170. The molecule has 1 heterocycles. The molecule has 0 atom stereocenters. The van der Waals surface area contributed by atoms with Crippen molar-refractivity contribution in [1.82, 2.24) is 16.0 Å². The Hall–Kier alpha value is -1.42. The highest BCUT2D eigenvalue weighted by atomic mass is 15.5. The average molecular weight is 327 g/mol. The number of nitrogens with zero attached hydrogens (tertiary/aromatic N) is 2. The van der Waals surface area contributed by atoms with Crippen LogP contribution in [0.5, 0.6) is 0 Å². The zero-order valence-electron chi connectivity index (χ0n) is 14.0. The Bertz CT molecular complexity index is 362. The predicted molar refractivity (Wildman–Crippen MR) is 95.5 cm³/mol. The van der Waals surface area contributed by atoms with Gasteiger partial charge in [0.15, 0.2) is 11.9 Å². The molecule has 0 spiro atoms. The predicted octanol–water partition coefficient (Wildman–Crippen LogP) is -1.34. The van der Waals surface area contributed by atoms with Crippen LogP contribution in [0.2, 0.25) is 0 Å². The highest BCUT2D eigenvalue weighted by Gasteiger charge is 2.26. The monoisotopic (exact) mass is 327 g/mol. The molecule has 23 heavy (non-hydrogen) atoms. The van der Waals surface area contributed by atoms with Crippen molar-refractivity contribution in [1.29, 1.82) is 0 Å². The van der Waals surface area contributed by atoms with Gasteiger partial charge in [0.1, 0.15) is 0 Å². The summed E-state index contributed by atoms with van der Waals surface area (Å²) in [4.78, 5) is 8.03. The lowest BCUT2D eigenvalue weighted by molar-refractivity contribution is 0.355. The summed E-state index contributed by atoms with van der Waals surface area (Å²) >= 11 is 0. The first-order chi connectivity index (χ1) is 11.1. The first kappa shape index (κ1) is 19.6. The minimum Gasteiger partial charge on any atom is -0.369 e. The Labute approximate surface area is 138 Å². The van der Waals surface area contributed by atoms with Crippen molar-refractivity contribution in [3.63, 3.8) is 0 Å². The molecular weight excluding hydrogens is 294 g/mol. The Morgan fingerprint density at radius 1 is 0.826 bits per heavy atom. The second-order valence-electron chi connectivity index (χ2n) is 5.79. The van der Waals surface area contributed by atoms with E-state index in [-0.39, 0.29) is 11.9 Å². The minimum atomic E-state index is -1.25. The number of rotatable bonds is 13. The van der Waals surface area contributed by atoms with E-state index in [1.54, 1.807) is 0 Å². The van der Waals surface area contributed by atoms with Gasteiger partial charge in [-0.2, -0.15) is 9.98 Å². The van der Waals surface area contributed by atoms with Crippen LogP contribution in [0.1, 0.15) is 44.9 Å². The summed E-state index contributed by atoms with van der Waals surface area (Å²) in [7, 11) is 0. The fourth-order valence-corrected chi connectivity index (χ4v) is 2.36. The van der Waals surface area contributed by atoms with E-state index in [1.807, 2.05) is 0 Å². The molecule has 9 nitrogen and oxygen atoms in total. The maximum atomic E-state index is 5.96. The zero-order chi connectivity index (χ0) is 17.0. The third kappa shape index (κ3) is 9.34. The Balaban J connectivity index is 1.95. The van der Waals surface area contributed by atoms with Crippen LogP contribution in [0.15, 0.2) is 9.98 Å². The van der Waals surface area contributed by atoms with Gasteiger partial charge < -0.3 is 22.5 Å². The Morgan fingerprint density at radius 3 is 1.96 bits per heavy atom. The summed E-state index contributed by atoms with van der Waals surface area (Å²) in [6.45, 7) is 3.65. The molecule has 0 aromatic carbocycles. The van der Waals surface area contributed by atoms with E-state index in [4.69, 9.17) is 22.9 Å². The molecule has 134 valence electrons. The van der Waals surface area contributed by atoms with Crippen LogP contribution >= 0.6 is 0 Å². The number of unbranched alkanes of at least 4 members (excludes halogenated alkanes) is 5. The van der Waals surface area contributed by atoms with Crippen LogP contribution in [0.25, 0.3) is 0 Å². The third-order valence-electron chi connectivity index (χ3n) is 3.56. The summed E-state index contributed by atoms with van der Waals surface area (Å²) in [5.74, 6) is -0.910. The summed E-state index contributed by atoms with van der Waals surface area (Å²) in [6, 6.07) is 0. The molecule has 1 aliphatic rings. The maximum absolute atomic E-state index is 5.96. The largest absolute Gasteiger partial charge is 0.369 e. The lowest BCUT2D eigenvalue weighted by atomic mass is 10.2. The molecule has 0 aliphatic carbocycles. The van der Waals surface area contributed by atoms with E-state index in [2.05, 4.69) is 25.9 Å². The van der Waals surface area contributed by atoms with Crippen LogP contribution in [-0.2, 0) is 0 Å². The van der Waals surface area contributed by atoms with E-state index in [1.165, 1.54) is 19.3 Å². The topological polar surface area (TPSA) is 165 Å². The smallest absolute Gasteiger partial charge is 0.268 e. The third-order valence-corrected chi connectivity index (χ3v) is 3.56. The van der Waals surface area contributed by atoms with E-state index in [0.717, 1.165) is 45.3 Å². The van der Waals surface area contributed by atoms with Crippen molar-refractivity contribution in [3.05, 3.63) is 0 Å².